The lowest BCUT2D eigenvalue weighted by atomic mass is 10.3. The van der Waals surface area contributed by atoms with Gasteiger partial charge in [-0.05, 0) is 38.0 Å². The number of esters is 1. The number of H-pyrrole nitrogens is 1. The lowest BCUT2D eigenvalue weighted by molar-refractivity contribution is -0.142. The van der Waals surface area contributed by atoms with E-state index in [1.165, 1.54) is 24.8 Å². The second-order valence-corrected chi connectivity index (χ2v) is 8.85. The minimum Gasteiger partial charge on any atom is -0.468 e. The van der Waals surface area contributed by atoms with E-state index in [0.29, 0.717) is 17.7 Å². The van der Waals surface area contributed by atoms with Gasteiger partial charge in [0.05, 0.1) is 13.7 Å². The summed E-state index contributed by atoms with van der Waals surface area (Å²) < 4.78 is 30.4. The maximum absolute atomic E-state index is 13.3. The van der Waals surface area contributed by atoms with Gasteiger partial charge in [0.25, 0.3) is 5.56 Å². The number of benzene rings is 1. The fourth-order valence-electron chi connectivity index (χ4n) is 2.78. The van der Waals surface area contributed by atoms with Crippen LogP contribution in [-0.4, -0.2) is 35.3 Å². The predicted octanol–water partition coefficient (Wildman–Crippen LogP) is 2.06. The number of ether oxygens (including phenoxy) is 1. The summed E-state index contributed by atoms with van der Waals surface area (Å²) in [4.78, 5) is 37.4. The number of nitrogens with one attached hydrogen (secondary N) is 2. The number of nitrogens with zero attached hydrogens (tertiary/aromatic N) is 1. The van der Waals surface area contributed by atoms with E-state index in [9.17, 15) is 18.9 Å². The molecule has 1 aromatic carbocycles. The SMILES string of the molecule is COC(=O)[C@H](C)NP(=O)(OCC1C/C1=C\n1cc(C)c(=O)[nH]c1=O)Oc1ccccc1. The minimum atomic E-state index is -3.91. The van der Waals surface area contributed by atoms with Gasteiger partial charge in [-0.3, -0.25) is 23.7 Å². The summed E-state index contributed by atoms with van der Waals surface area (Å²) in [6, 6.07) is 7.54. The summed E-state index contributed by atoms with van der Waals surface area (Å²) >= 11 is 0. The van der Waals surface area contributed by atoms with Crippen molar-refractivity contribution >= 4 is 19.9 Å². The van der Waals surface area contributed by atoms with E-state index in [4.69, 9.17) is 9.05 Å². The maximum atomic E-state index is 13.3. The van der Waals surface area contributed by atoms with Gasteiger partial charge >= 0.3 is 19.4 Å². The zero-order chi connectivity index (χ0) is 22.6. The lowest BCUT2D eigenvalue weighted by Crippen LogP contribution is -2.34. The quantitative estimate of drug-likeness (QED) is 0.440. The third kappa shape index (κ3) is 6.04. The molecule has 3 atom stereocenters. The largest absolute Gasteiger partial charge is 0.468 e. The molecule has 3 rings (SSSR count). The van der Waals surface area contributed by atoms with Crippen molar-refractivity contribution in [1.82, 2.24) is 14.6 Å². The zero-order valence-corrected chi connectivity index (χ0v) is 18.3. The Morgan fingerprint density at radius 2 is 2.06 bits per heavy atom. The third-order valence-corrected chi connectivity index (χ3v) is 6.26. The molecule has 166 valence electrons. The highest BCUT2D eigenvalue weighted by Crippen LogP contribution is 2.48. The maximum Gasteiger partial charge on any atom is 0.459 e. The van der Waals surface area contributed by atoms with Crippen molar-refractivity contribution in [3.8, 4) is 5.75 Å². The fourth-order valence-corrected chi connectivity index (χ4v) is 4.31. The summed E-state index contributed by atoms with van der Waals surface area (Å²) in [5.41, 5.74) is 0.328. The van der Waals surface area contributed by atoms with Gasteiger partial charge in [-0.25, -0.2) is 9.36 Å². The van der Waals surface area contributed by atoms with Crippen LogP contribution in [0.2, 0.25) is 0 Å². The van der Waals surface area contributed by atoms with E-state index in [0.717, 1.165) is 5.57 Å². The van der Waals surface area contributed by atoms with Crippen LogP contribution in [0.25, 0.3) is 6.20 Å². The number of carbonyl (C=O) groups excluding carboxylic acids is 1. The highest BCUT2D eigenvalue weighted by molar-refractivity contribution is 7.52. The molecule has 0 spiro atoms. The molecule has 0 amide bonds. The molecule has 1 aliphatic carbocycles. The Bertz CT molecular complexity index is 1140. The zero-order valence-electron chi connectivity index (χ0n) is 17.4. The van der Waals surface area contributed by atoms with Crippen molar-refractivity contribution in [1.29, 1.82) is 0 Å². The van der Waals surface area contributed by atoms with Gasteiger partial charge in [0.1, 0.15) is 11.8 Å². The molecular formula is C20H24N3O7P. The van der Waals surface area contributed by atoms with Gasteiger partial charge in [-0.1, -0.05) is 18.2 Å². The number of hydrogen-bond acceptors (Lipinski definition) is 7. The van der Waals surface area contributed by atoms with Crippen LogP contribution < -0.4 is 20.9 Å². The third-order valence-electron chi connectivity index (χ3n) is 4.62. The van der Waals surface area contributed by atoms with Crippen LogP contribution in [0.5, 0.6) is 5.75 Å². The molecule has 0 aliphatic heterocycles. The van der Waals surface area contributed by atoms with Gasteiger partial charge in [-0.15, -0.1) is 0 Å². The van der Waals surface area contributed by atoms with E-state index in [1.54, 1.807) is 43.5 Å². The van der Waals surface area contributed by atoms with Crippen LogP contribution in [-0.2, 0) is 18.6 Å². The molecule has 1 saturated carbocycles. The number of aromatic nitrogens is 2. The fraction of sp³-hybridized carbons (Fsp3) is 0.350. The summed E-state index contributed by atoms with van der Waals surface area (Å²) in [6.07, 6.45) is 3.70. The van der Waals surface area contributed by atoms with Crippen LogP contribution in [0.15, 0.2) is 51.7 Å². The Kier molecular flexibility index (Phi) is 6.94. The van der Waals surface area contributed by atoms with Gasteiger partial charge in [-0.2, -0.15) is 5.09 Å². The van der Waals surface area contributed by atoms with Gasteiger partial charge in [0, 0.05) is 23.9 Å². The molecule has 1 heterocycles. The highest BCUT2D eigenvalue weighted by atomic mass is 31.2. The molecule has 0 radical (unpaired) electrons. The first-order valence-electron chi connectivity index (χ1n) is 9.58. The van der Waals surface area contributed by atoms with Gasteiger partial charge in [0.2, 0.25) is 0 Å². The first kappa shape index (κ1) is 22.7. The number of hydrogen-bond donors (Lipinski definition) is 2. The summed E-state index contributed by atoms with van der Waals surface area (Å²) in [5.74, 6) is -0.375. The number of rotatable bonds is 9. The Morgan fingerprint density at radius 1 is 1.35 bits per heavy atom. The number of para-hydroxylation sites is 1. The standard InChI is InChI=1S/C20H24N3O7P/c1-13-10-23(20(26)21-18(13)24)11-15-9-16(15)12-29-31(27,22-14(2)19(25)28-3)30-17-7-5-4-6-8-17/h4-8,10-11,14,16H,9,12H2,1-3H3,(H,22,27)(H,21,24,26)/b15-11+/t14-,16?,31?/m0/s1. The summed E-state index contributed by atoms with van der Waals surface area (Å²) in [6.45, 7) is 3.14. The molecule has 2 unspecified atom stereocenters. The predicted molar refractivity (Wildman–Crippen MR) is 114 cm³/mol. The summed E-state index contributed by atoms with van der Waals surface area (Å²) in [7, 11) is -2.68. The number of aromatic amines is 1. The van der Waals surface area contributed by atoms with E-state index in [-0.39, 0.29) is 12.5 Å². The average Bonchev–Trinajstić information content (AvgIpc) is 3.48. The normalized spacial score (nSPS) is 19.5. The van der Waals surface area contributed by atoms with Gasteiger partial charge < -0.3 is 9.26 Å². The average molecular weight is 449 g/mol. The Balaban J connectivity index is 1.70. The van der Waals surface area contributed by atoms with E-state index in [2.05, 4.69) is 14.8 Å². The Hall–Kier alpha value is -2.94. The molecule has 1 fully saturated rings. The van der Waals surface area contributed by atoms with Crippen molar-refractivity contribution in [2.45, 2.75) is 26.3 Å². The molecule has 0 bridgehead atoms. The Morgan fingerprint density at radius 3 is 2.74 bits per heavy atom. The molecule has 2 N–H and O–H groups in total. The lowest BCUT2D eigenvalue weighted by Gasteiger charge is -2.22. The number of methoxy groups -OCH3 is 1. The van der Waals surface area contributed by atoms with E-state index < -0.39 is 31.0 Å². The number of aryl methyl sites for hydroxylation is 1. The summed E-state index contributed by atoms with van der Waals surface area (Å²) in [5, 5.41) is 2.59. The molecule has 2 aromatic rings. The minimum absolute atomic E-state index is 0.0495. The number of carbonyl (C=O) groups is 1. The van der Waals surface area contributed by atoms with Crippen molar-refractivity contribution in [2.75, 3.05) is 13.7 Å². The van der Waals surface area contributed by atoms with Crippen LogP contribution in [0.4, 0.5) is 0 Å². The Labute approximate surface area is 178 Å². The second kappa shape index (κ2) is 9.47. The van der Waals surface area contributed by atoms with Crippen molar-refractivity contribution in [2.24, 2.45) is 5.92 Å². The van der Waals surface area contributed by atoms with Crippen molar-refractivity contribution in [3.05, 3.63) is 68.5 Å². The second-order valence-electron chi connectivity index (χ2n) is 7.16. The molecule has 1 aliphatic rings. The van der Waals surface area contributed by atoms with Crippen LogP contribution in [0.3, 0.4) is 0 Å². The van der Waals surface area contributed by atoms with Crippen molar-refractivity contribution < 1.29 is 23.1 Å². The first-order valence-corrected chi connectivity index (χ1v) is 11.1. The smallest absolute Gasteiger partial charge is 0.459 e. The van der Waals surface area contributed by atoms with E-state index in [1.807, 2.05) is 0 Å². The molecule has 31 heavy (non-hydrogen) atoms. The molecule has 11 heteroatoms. The molecule has 10 nitrogen and oxygen atoms in total. The topological polar surface area (TPSA) is 129 Å². The van der Waals surface area contributed by atoms with E-state index >= 15 is 0 Å². The first-order chi connectivity index (χ1) is 14.7. The molecular weight excluding hydrogens is 425 g/mol. The van der Waals surface area contributed by atoms with Gasteiger partial charge in [0.15, 0.2) is 0 Å². The molecule has 0 saturated heterocycles. The highest BCUT2D eigenvalue weighted by Gasteiger charge is 2.37. The molecule has 1 aromatic heterocycles. The van der Waals surface area contributed by atoms with Crippen LogP contribution in [0.1, 0.15) is 18.9 Å². The van der Waals surface area contributed by atoms with Crippen LogP contribution >= 0.6 is 7.75 Å². The monoisotopic (exact) mass is 449 g/mol. The van der Waals surface area contributed by atoms with Crippen molar-refractivity contribution in [3.63, 3.8) is 0 Å². The van der Waals surface area contributed by atoms with Crippen LogP contribution in [0, 0.1) is 12.8 Å².